The molecule has 0 aliphatic heterocycles. The topological polar surface area (TPSA) is 72.3 Å². The summed E-state index contributed by atoms with van der Waals surface area (Å²) in [5.74, 6) is -0.496. The predicted molar refractivity (Wildman–Crippen MR) is 78.6 cm³/mol. The van der Waals surface area contributed by atoms with E-state index in [0.717, 1.165) is 10.9 Å². The van der Waals surface area contributed by atoms with Crippen molar-refractivity contribution >= 4 is 28.5 Å². The van der Waals surface area contributed by atoms with Crippen LogP contribution in [-0.4, -0.2) is 27.1 Å². The monoisotopic (exact) mass is 306 g/mol. The summed E-state index contributed by atoms with van der Waals surface area (Å²) in [7, 11) is 0. The third kappa shape index (κ3) is 3.08. The SMILES string of the molecule is O=C(O)C1CCC(Oc2nc(Cl)cc3ncccc23)CC1. The van der Waals surface area contributed by atoms with Gasteiger partial charge in [0.25, 0.3) is 0 Å². The van der Waals surface area contributed by atoms with Crippen molar-refractivity contribution in [3.8, 4) is 5.88 Å². The average molecular weight is 307 g/mol. The number of aliphatic carboxylic acids is 1. The number of carboxylic acids is 1. The zero-order valence-corrected chi connectivity index (χ0v) is 12.1. The second-order valence-electron chi connectivity index (χ2n) is 5.25. The van der Waals surface area contributed by atoms with E-state index in [1.807, 2.05) is 12.1 Å². The summed E-state index contributed by atoms with van der Waals surface area (Å²) in [4.78, 5) is 19.4. The van der Waals surface area contributed by atoms with Gasteiger partial charge in [0, 0.05) is 12.3 Å². The molecule has 2 aromatic rings. The fourth-order valence-electron chi connectivity index (χ4n) is 2.69. The third-order valence-electron chi connectivity index (χ3n) is 3.83. The van der Waals surface area contributed by atoms with Crippen LogP contribution in [0.15, 0.2) is 24.4 Å². The molecule has 110 valence electrons. The van der Waals surface area contributed by atoms with E-state index in [4.69, 9.17) is 21.4 Å². The van der Waals surface area contributed by atoms with E-state index >= 15 is 0 Å². The van der Waals surface area contributed by atoms with Crippen LogP contribution in [0.2, 0.25) is 5.15 Å². The number of halogens is 1. The number of fused-ring (bicyclic) bond motifs is 1. The minimum absolute atomic E-state index is 0.0185. The van der Waals surface area contributed by atoms with Crippen LogP contribution in [0.5, 0.6) is 5.88 Å². The number of carboxylic acid groups (broad SMARTS) is 1. The van der Waals surface area contributed by atoms with E-state index < -0.39 is 5.97 Å². The third-order valence-corrected chi connectivity index (χ3v) is 4.03. The van der Waals surface area contributed by atoms with Crippen LogP contribution < -0.4 is 4.74 Å². The molecule has 1 fully saturated rings. The van der Waals surface area contributed by atoms with Gasteiger partial charge in [0.1, 0.15) is 11.3 Å². The molecular weight excluding hydrogens is 292 g/mol. The lowest BCUT2D eigenvalue weighted by atomic mass is 9.87. The molecule has 3 rings (SSSR count). The summed E-state index contributed by atoms with van der Waals surface area (Å²) in [5, 5.41) is 10.2. The molecule has 2 heterocycles. The van der Waals surface area contributed by atoms with E-state index in [0.29, 0.717) is 36.7 Å². The van der Waals surface area contributed by atoms with Crippen molar-refractivity contribution in [2.75, 3.05) is 0 Å². The van der Waals surface area contributed by atoms with Gasteiger partial charge in [0.15, 0.2) is 0 Å². The van der Waals surface area contributed by atoms with Gasteiger partial charge in [-0.25, -0.2) is 4.98 Å². The van der Waals surface area contributed by atoms with Gasteiger partial charge in [-0.05, 0) is 37.8 Å². The molecule has 0 aromatic carbocycles. The Hall–Kier alpha value is -1.88. The summed E-state index contributed by atoms with van der Waals surface area (Å²) >= 11 is 6.00. The molecule has 0 unspecified atom stereocenters. The fraction of sp³-hybridized carbons (Fsp3) is 0.400. The Morgan fingerprint density at radius 1 is 1.33 bits per heavy atom. The van der Waals surface area contributed by atoms with Gasteiger partial charge >= 0.3 is 5.97 Å². The van der Waals surface area contributed by atoms with Crippen molar-refractivity contribution in [2.24, 2.45) is 5.92 Å². The summed E-state index contributed by atoms with van der Waals surface area (Å²) < 4.78 is 5.95. The Balaban J connectivity index is 1.78. The second-order valence-corrected chi connectivity index (χ2v) is 5.64. The lowest BCUT2D eigenvalue weighted by Gasteiger charge is -2.26. The van der Waals surface area contributed by atoms with Crippen molar-refractivity contribution in [3.63, 3.8) is 0 Å². The largest absolute Gasteiger partial charge is 0.481 e. The smallest absolute Gasteiger partial charge is 0.306 e. The van der Waals surface area contributed by atoms with Gasteiger partial charge in [-0.2, -0.15) is 0 Å². The van der Waals surface area contributed by atoms with Crippen molar-refractivity contribution < 1.29 is 14.6 Å². The number of nitrogens with zero attached hydrogens (tertiary/aromatic N) is 2. The highest BCUT2D eigenvalue weighted by Gasteiger charge is 2.27. The molecular formula is C15H15ClN2O3. The number of aromatic nitrogens is 2. The van der Waals surface area contributed by atoms with Crippen molar-refractivity contribution in [1.29, 1.82) is 0 Å². The molecule has 0 atom stereocenters. The van der Waals surface area contributed by atoms with Gasteiger partial charge in [-0.1, -0.05) is 11.6 Å². The molecule has 6 heteroatoms. The molecule has 5 nitrogen and oxygen atoms in total. The summed E-state index contributed by atoms with van der Waals surface area (Å²) in [6.07, 6.45) is 4.38. The summed E-state index contributed by atoms with van der Waals surface area (Å²) in [5.41, 5.74) is 0.742. The Morgan fingerprint density at radius 3 is 2.81 bits per heavy atom. The summed E-state index contributed by atoms with van der Waals surface area (Å²) in [6.45, 7) is 0. The molecule has 21 heavy (non-hydrogen) atoms. The van der Waals surface area contributed by atoms with Crippen molar-refractivity contribution in [2.45, 2.75) is 31.8 Å². The molecule has 2 aromatic heterocycles. The first-order valence-electron chi connectivity index (χ1n) is 6.94. The number of hydrogen-bond acceptors (Lipinski definition) is 4. The second kappa shape index (κ2) is 5.85. The average Bonchev–Trinajstić information content (AvgIpc) is 2.47. The Morgan fingerprint density at radius 2 is 2.10 bits per heavy atom. The van der Waals surface area contributed by atoms with Crippen LogP contribution in [0.25, 0.3) is 10.9 Å². The van der Waals surface area contributed by atoms with E-state index in [-0.39, 0.29) is 12.0 Å². The number of pyridine rings is 2. The van der Waals surface area contributed by atoms with E-state index in [1.54, 1.807) is 12.3 Å². The number of rotatable bonds is 3. The fourth-order valence-corrected chi connectivity index (χ4v) is 2.87. The van der Waals surface area contributed by atoms with Crippen LogP contribution >= 0.6 is 11.6 Å². The highest BCUT2D eigenvalue weighted by atomic mass is 35.5. The molecule has 1 aliphatic rings. The maximum absolute atomic E-state index is 11.0. The first-order chi connectivity index (χ1) is 10.1. The highest BCUT2D eigenvalue weighted by molar-refractivity contribution is 6.30. The van der Waals surface area contributed by atoms with E-state index in [1.165, 1.54) is 0 Å². The van der Waals surface area contributed by atoms with Crippen LogP contribution in [-0.2, 0) is 4.79 Å². The van der Waals surface area contributed by atoms with Gasteiger partial charge in [-0.15, -0.1) is 0 Å². The molecule has 0 spiro atoms. The minimum atomic E-state index is -0.719. The summed E-state index contributed by atoms with van der Waals surface area (Å²) in [6, 6.07) is 5.42. The van der Waals surface area contributed by atoms with Crippen molar-refractivity contribution in [3.05, 3.63) is 29.5 Å². The highest BCUT2D eigenvalue weighted by Crippen LogP contribution is 2.31. The predicted octanol–water partition coefficient (Wildman–Crippen LogP) is 3.31. The minimum Gasteiger partial charge on any atom is -0.481 e. The molecule has 1 saturated carbocycles. The van der Waals surface area contributed by atoms with Crippen LogP contribution in [0.1, 0.15) is 25.7 Å². The molecule has 0 amide bonds. The Labute approximate surface area is 126 Å². The molecule has 0 bridgehead atoms. The number of hydrogen-bond donors (Lipinski definition) is 1. The van der Waals surface area contributed by atoms with Gasteiger partial charge in [0.2, 0.25) is 5.88 Å². The number of ether oxygens (including phenoxy) is 1. The van der Waals surface area contributed by atoms with Crippen molar-refractivity contribution in [1.82, 2.24) is 9.97 Å². The van der Waals surface area contributed by atoms with Crippen LogP contribution in [0.3, 0.4) is 0 Å². The first kappa shape index (κ1) is 14.1. The molecule has 1 aliphatic carbocycles. The lowest BCUT2D eigenvalue weighted by Crippen LogP contribution is -2.28. The van der Waals surface area contributed by atoms with Gasteiger partial charge < -0.3 is 9.84 Å². The lowest BCUT2D eigenvalue weighted by molar-refractivity contribution is -0.143. The van der Waals surface area contributed by atoms with Gasteiger partial charge in [-0.3, -0.25) is 9.78 Å². The maximum Gasteiger partial charge on any atom is 0.306 e. The van der Waals surface area contributed by atoms with E-state index in [2.05, 4.69) is 9.97 Å². The Bertz CT molecular complexity index is 669. The van der Waals surface area contributed by atoms with Gasteiger partial charge in [0.05, 0.1) is 16.8 Å². The first-order valence-corrected chi connectivity index (χ1v) is 7.32. The molecule has 1 N–H and O–H groups in total. The zero-order valence-electron chi connectivity index (χ0n) is 11.3. The maximum atomic E-state index is 11.0. The normalized spacial score (nSPS) is 22.1. The molecule has 0 saturated heterocycles. The number of carbonyl (C=O) groups is 1. The van der Waals surface area contributed by atoms with Crippen LogP contribution in [0.4, 0.5) is 0 Å². The zero-order chi connectivity index (χ0) is 14.8. The molecule has 0 radical (unpaired) electrons. The van der Waals surface area contributed by atoms with E-state index in [9.17, 15) is 4.79 Å². The Kier molecular flexibility index (Phi) is 3.92. The quantitative estimate of drug-likeness (QED) is 0.881. The standard InChI is InChI=1S/C15H15ClN2O3/c16-13-8-12-11(2-1-7-17-12)14(18-13)21-10-5-3-9(4-6-10)15(19)20/h1-2,7-10H,3-6H2,(H,19,20). The van der Waals surface area contributed by atoms with Crippen LogP contribution in [0, 0.1) is 5.92 Å².